The van der Waals surface area contributed by atoms with Gasteiger partial charge in [0.15, 0.2) is 0 Å². The summed E-state index contributed by atoms with van der Waals surface area (Å²) in [5, 5.41) is 6.87. The summed E-state index contributed by atoms with van der Waals surface area (Å²) in [5.41, 5.74) is 6.73. The highest BCUT2D eigenvalue weighted by Gasteiger charge is 2.20. The lowest BCUT2D eigenvalue weighted by Crippen LogP contribution is -2.44. The molecule has 0 unspecified atom stereocenters. The monoisotopic (exact) mass is 623 g/mol. The third-order valence-electron chi connectivity index (χ3n) is 7.07. The Hall–Kier alpha value is -3.35. The van der Waals surface area contributed by atoms with Crippen molar-refractivity contribution in [3.63, 3.8) is 0 Å². The zero-order valence-electron chi connectivity index (χ0n) is 23.4. The van der Waals surface area contributed by atoms with E-state index in [0.717, 1.165) is 70.9 Å². The Labute approximate surface area is 247 Å². The molecule has 4 aromatic rings. The predicted octanol–water partition coefficient (Wildman–Crippen LogP) is 5.71. The smallest absolute Gasteiger partial charge is 0.229 e. The Balaban J connectivity index is 1.46. The summed E-state index contributed by atoms with van der Waals surface area (Å²) in [4.78, 5) is 23.2. The van der Waals surface area contributed by atoms with E-state index in [9.17, 15) is 0 Å². The summed E-state index contributed by atoms with van der Waals surface area (Å²) in [6, 6.07) is 8.23. The Morgan fingerprint density at radius 3 is 2.55 bits per heavy atom. The lowest BCUT2D eigenvalue weighted by molar-refractivity contribution is 0.312. The predicted molar refractivity (Wildman–Crippen MR) is 170 cm³/mol. The van der Waals surface area contributed by atoms with Crippen molar-refractivity contribution in [2.75, 3.05) is 73.5 Å². The van der Waals surface area contributed by atoms with Crippen LogP contribution in [0.2, 0.25) is 0 Å². The highest BCUT2D eigenvalue weighted by Crippen LogP contribution is 2.39. The first-order chi connectivity index (χ1) is 19.4. The van der Waals surface area contributed by atoms with E-state index in [1.165, 1.54) is 11.3 Å². The third kappa shape index (κ3) is 5.89. The number of likely N-dealkylation sites (N-methyl/N-ethyl adjacent to an activating group) is 1. The van der Waals surface area contributed by atoms with Crippen LogP contribution < -0.4 is 24.6 Å². The number of piperazine rings is 1. The van der Waals surface area contributed by atoms with E-state index in [1.807, 2.05) is 25.4 Å². The second-order valence-electron chi connectivity index (χ2n) is 9.53. The molecule has 0 amide bonds. The summed E-state index contributed by atoms with van der Waals surface area (Å²) >= 11 is 5.21. The quantitative estimate of drug-likeness (QED) is 0.225. The van der Waals surface area contributed by atoms with E-state index in [0.29, 0.717) is 11.8 Å². The molecule has 2 aromatic heterocycles. The van der Waals surface area contributed by atoms with Crippen LogP contribution in [-0.2, 0) is 6.42 Å². The van der Waals surface area contributed by atoms with Crippen LogP contribution in [0.4, 0.5) is 34.5 Å². The zero-order chi connectivity index (χ0) is 28.2. The molecule has 5 rings (SSSR count). The topological polar surface area (TPSA) is 94.6 Å². The van der Waals surface area contributed by atoms with Crippen molar-refractivity contribution in [3.05, 3.63) is 52.9 Å². The number of nitrogens with one attached hydrogen (secondary N) is 2. The molecule has 0 aliphatic carbocycles. The fourth-order valence-corrected chi connectivity index (χ4v) is 5.46. The van der Waals surface area contributed by atoms with Crippen LogP contribution in [0.15, 0.2) is 47.3 Å². The summed E-state index contributed by atoms with van der Waals surface area (Å²) in [6.07, 6.45) is 8.08. The number of anilines is 6. The molecule has 3 heterocycles. The minimum absolute atomic E-state index is 0.457. The number of hydrogen-bond acceptors (Lipinski definition) is 11. The molecule has 0 saturated carbocycles. The second-order valence-corrected chi connectivity index (χ2v) is 11.3. The Morgan fingerprint density at radius 1 is 1.05 bits per heavy atom. The molecular weight excluding hydrogens is 590 g/mol. The number of methoxy groups -OCH3 is 1. The van der Waals surface area contributed by atoms with Crippen molar-refractivity contribution >= 4 is 73.4 Å². The first-order valence-corrected chi connectivity index (χ1v) is 15.1. The van der Waals surface area contributed by atoms with E-state index >= 15 is 0 Å². The summed E-state index contributed by atoms with van der Waals surface area (Å²) in [6.45, 7) is 6.27. The maximum Gasteiger partial charge on any atom is 0.229 e. The number of hydrogen-bond donors (Lipinski definition) is 2. The molecule has 1 aliphatic heterocycles. The van der Waals surface area contributed by atoms with Crippen LogP contribution in [0, 0.1) is 0 Å². The van der Waals surface area contributed by atoms with Crippen LogP contribution in [0.25, 0.3) is 11.0 Å². The standard InChI is InChI=1S/C28H34BrN9OS/c1-6-18-15-22(24(39-4)16-23(18)38-13-11-36(2)12-14-38)34-28-32-17-19(29)27(35-28)33-21-8-7-20-25(31-10-9-30-20)26(21)37(3)40-5/h7-10,15-17H,6,11-14H2,1-5H3,(H2,32,33,34,35). The van der Waals surface area contributed by atoms with Crippen LogP contribution in [0.1, 0.15) is 12.5 Å². The van der Waals surface area contributed by atoms with E-state index in [1.54, 1.807) is 37.6 Å². The number of ether oxygens (including phenoxy) is 1. The molecule has 40 heavy (non-hydrogen) atoms. The third-order valence-corrected chi connectivity index (χ3v) is 8.38. The van der Waals surface area contributed by atoms with Gasteiger partial charge in [0.05, 0.1) is 34.2 Å². The molecule has 2 aromatic carbocycles. The first kappa shape index (κ1) is 28.2. The molecule has 0 radical (unpaired) electrons. The Kier molecular flexibility index (Phi) is 8.77. The second kappa shape index (κ2) is 12.4. The lowest BCUT2D eigenvalue weighted by atomic mass is 10.1. The summed E-state index contributed by atoms with van der Waals surface area (Å²) in [7, 11) is 5.87. The highest BCUT2D eigenvalue weighted by molar-refractivity contribution is 9.10. The van der Waals surface area contributed by atoms with Crippen LogP contribution in [0.3, 0.4) is 0 Å². The van der Waals surface area contributed by atoms with Crippen LogP contribution in [0.5, 0.6) is 5.75 Å². The van der Waals surface area contributed by atoms with Crippen molar-refractivity contribution in [3.8, 4) is 5.75 Å². The molecule has 1 saturated heterocycles. The normalized spacial score (nSPS) is 13.9. The number of rotatable bonds is 9. The fourth-order valence-electron chi connectivity index (χ4n) is 4.80. The average molecular weight is 625 g/mol. The van der Waals surface area contributed by atoms with Crippen molar-refractivity contribution in [1.82, 2.24) is 24.8 Å². The number of halogens is 1. The van der Waals surface area contributed by atoms with Crippen molar-refractivity contribution < 1.29 is 4.74 Å². The van der Waals surface area contributed by atoms with Gasteiger partial charge in [-0.15, -0.1) is 0 Å². The van der Waals surface area contributed by atoms with Crippen molar-refractivity contribution in [1.29, 1.82) is 0 Å². The van der Waals surface area contributed by atoms with Crippen molar-refractivity contribution in [2.24, 2.45) is 0 Å². The van der Waals surface area contributed by atoms with Gasteiger partial charge in [-0.2, -0.15) is 4.98 Å². The minimum Gasteiger partial charge on any atom is -0.494 e. The summed E-state index contributed by atoms with van der Waals surface area (Å²) < 4.78 is 8.61. The van der Waals surface area contributed by atoms with E-state index in [2.05, 4.69) is 81.7 Å². The first-order valence-electron chi connectivity index (χ1n) is 13.1. The van der Waals surface area contributed by atoms with Gasteiger partial charge in [0, 0.05) is 69.8 Å². The molecule has 0 bridgehead atoms. The van der Waals surface area contributed by atoms with E-state index in [-0.39, 0.29) is 0 Å². The summed E-state index contributed by atoms with van der Waals surface area (Å²) in [5.74, 6) is 1.84. The fraction of sp³-hybridized carbons (Fsp3) is 0.357. The number of fused-ring (bicyclic) bond motifs is 1. The number of aromatic nitrogens is 4. The van der Waals surface area contributed by atoms with Gasteiger partial charge in [0.2, 0.25) is 5.95 Å². The van der Waals surface area contributed by atoms with Gasteiger partial charge in [-0.3, -0.25) is 9.97 Å². The molecule has 10 nitrogen and oxygen atoms in total. The van der Waals surface area contributed by atoms with E-state index in [4.69, 9.17) is 9.72 Å². The van der Waals surface area contributed by atoms with Gasteiger partial charge < -0.3 is 29.5 Å². The number of benzene rings is 2. The molecule has 12 heteroatoms. The van der Waals surface area contributed by atoms with Gasteiger partial charge >= 0.3 is 0 Å². The molecular formula is C28H34BrN9OS. The molecule has 1 aliphatic rings. The molecule has 0 spiro atoms. The van der Waals surface area contributed by atoms with Gasteiger partial charge in [-0.1, -0.05) is 18.9 Å². The number of nitrogens with zero attached hydrogens (tertiary/aromatic N) is 7. The van der Waals surface area contributed by atoms with Crippen molar-refractivity contribution in [2.45, 2.75) is 13.3 Å². The maximum atomic E-state index is 5.81. The average Bonchev–Trinajstić information content (AvgIpc) is 2.98. The molecule has 0 atom stereocenters. The lowest BCUT2D eigenvalue weighted by Gasteiger charge is -2.35. The van der Waals surface area contributed by atoms with Crippen LogP contribution >= 0.6 is 27.9 Å². The van der Waals surface area contributed by atoms with E-state index < -0.39 is 0 Å². The van der Waals surface area contributed by atoms with Gasteiger partial charge in [0.1, 0.15) is 17.1 Å². The molecule has 210 valence electrons. The SMILES string of the molecule is CCc1cc(Nc2ncc(Br)c(Nc3ccc4nccnc4c3N(C)SC)n2)c(OC)cc1N1CCN(C)CC1. The van der Waals surface area contributed by atoms with Gasteiger partial charge in [-0.05, 0) is 53.2 Å². The zero-order valence-corrected chi connectivity index (χ0v) is 25.8. The van der Waals surface area contributed by atoms with Gasteiger partial charge in [0.25, 0.3) is 0 Å². The highest BCUT2D eigenvalue weighted by atomic mass is 79.9. The maximum absolute atomic E-state index is 5.81. The minimum atomic E-state index is 0.457. The Bertz CT molecular complexity index is 1500. The van der Waals surface area contributed by atoms with Crippen LogP contribution in [-0.4, -0.2) is 78.5 Å². The number of aryl methyl sites for hydroxylation is 1. The molecule has 2 N–H and O–H groups in total. The largest absolute Gasteiger partial charge is 0.494 e. The Morgan fingerprint density at radius 2 is 1.82 bits per heavy atom. The molecule has 1 fully saturated rings. The van der Waals surface area contributed by atoms with Gasteiger partial charge in [-0.25, -0.2) is 4.98 Å².